The second kappa shape index (κ2) is 7.75. The highest BCUT2D eigenvalue weighted by atomic mass is 16.1. The van der Waals surface area contributed by atoms with Crippen LogP contribution < -0.4 is 16.2 Å². The molecule has 3 aromatic heterocycles. The van der Waals surface area contributed by atoms with Crippen LogP contribution >= 0.6 is 0 Å². The van der Waals surface area contributed by atoms with Gasteiger partial charge in [0.2, 0.25) is 0 Å². The van der Waals surface area contributed by atoms with Crippen molar-refractivity contribution >= 4 is 28.3 Å². The van der Waals surface area contributed by atoms with E-state index in [0.29, 0.717) is 22.6 Å². The Balaban J connectivity index is 0.00000181. The lowest BCUT2D eigenvalue weighted by Gasteiger charge is -2.13. The number of carbonyl (C=O) groups is 1. The quantitative estimate of drug-likeness (QED) is 0.540. The number of fused-ring (bicyclic) bond motifs is 1. The molecule has 0 aliphatic rings. The molecule has 0 radical (unpaired) electrons. The van der Waals surface area contributed by atoms with Gasteiger partial charge in [0.1, 0.15) is 5.82 Å². The molecular formula is C22H24N6O2. The molecule has 0 aliphatic heterocycles. The summed E-state index contributed by atoms with van der Waals surface area (Å²) in [4.78, 5) is 29.9. The van der Waals surface area contributed by atoms with Crippen LogP contribution in [0.4, 0.5) is 11.5 Å². The van der Waals surface area contributed by atoms with Crippen LogP contribution in [0.3, 0.4) is 0 Å². The second-order valence-electron chi connectivity index (χ2n) is 6.92. The van der Waals surface area contributed by atoms with E-state index in [1.165, 1.54) is 12.4 Å². The van der Waals surface area contributed by atoms with Gasteiger partial charge in [0, 0.05) is 45.8 Å². The van der Waals surface area contributed by atoms with Gasteiger partial charge < -0.3 is 15.2 Å². The number of aryl methyl sites for hydroxylation is 2. The normalized spacial score (nSPS) is 10.8. The third-order valence-electron chi connectivity index (χ3n) is 5.00. The minimum atomic E-state index is -0.296. The molecule has 0 spiro atoms. The Labute approximate surface area is 175 Å². The smallest absolute Gasteiger partial charge is 0.258 e. The number of rotatable bonds is 4. The zero-order chi connectivity index (χ0) is 21.3. The van der Waals surface area contributed by atoms with Crippen LogP contribution in [0.1, 0.15) is 18.8 Å². The number of amides is 1. The average Bonchev–Trinajstić information content (AvgIpc) is 2.78. The van der Waals surface area contributed by atoms with E-state index in [0.717, 1.165) is 22.0 Å². The Morgan fingerprint density at radius 3 is 2.63 bits per heavy atom. The van der Waals surface area contributed by atoms with Crippen LogP contribution in [0.25, 0.3) is 22.0 Å². The van der Waals surface area contributed by atoms with E-state index in [1.54, 1.807) is 43.1 Å². The van der Waals surface area contributed by atoms with Gasteiger partial charge in [0.05, 0.1) is 23.5 Å². The summed E-state index contributed by atoms with van der Waals surface area (Å²) in [6, 6.07) is 10.7. The van der Waals surface area contributed by atoms with Crippen molar-refractivity contribution in [2.45, 2.75) is 6.92 Å². The van der Waals surface area contributed by atoms with Gasteiger partial charge in [-0.25, -0.2) is 4.98 Å². The SMILES string of the molecule is CNc1cc2c(cn1)cc(-c1cc(NC(=O)c3ccnnc3)ccc1C)c(=O)n2C.[HH].[HH]. The molecule has 0 fully saturated rings. The van der Waals surface area contributed by atoms with Crippen molar-refractivity contribution in [3.8, 4) is 11.1 Å². The van der Waals surface area contributed by atoms with Crippen LogP contribution in [-0.4, -0.2) is 32.7 Å². The molecule has 4 aromatic rings. The van der Waals surface area contributed by atoms with E-state index in [9.17, 15) is 9.59 Å². The van der Waals surface area contributed by atoms with E-state index < -0.39 is 0 Å². The first-order chi connectivity index (χ1) is 14.5. The van der Waals surface area contributed by atoms with Crippen LogP contribution in [0, 0.1) is 6.92 Å². The van der Waals surface area contributed by atoms with E-state index in [1.807, 2.05) is 25.1 Å². The lowest BCUT2D eigenvalue weighted by molar-refractivity contribution is 0.102. The summed E-state index contributed by atoms with van der Waals surface area (Å²) in [6.45, 7) is 1.93. The number of nitrogens with zero attached hydrogens (tertiary/aromatic N) is 4. The first-order valence-corrected chi connectivity index (χ1v) is 9.34. The molecule has 0 unspecified atom stereocenters. The van der Waals surface area contributed by atoms with Gasteiger partial charge in [-0.1, -0.05) is 6.07 Å². The van der Waals surface area contributed by atoms with Gasteiger partial charge in [0.25, 0.3) is 11.5 Å². The monoisotopic (exact) mass is 404 g/mol. The topological polar surface area (TPSA) is 102 Å². The van der Waals surface area contributed by atoms with Crippen molar-refractivity contribution < 1.29 is 7.65 Å². The molecule has 4 rings (SSSR count). The summed E-state index contributed by atoms with van der Waals surface area (Å²) in [6.07, 6.45) is 4.60. The molecule has 1 amide bonds. The lowest BCUT2D eigenvalue weighted by atomic mass is 9.99. The Bertz CT molecular complexity index is 1330. The summed E-state index contributed by atoms with van der Waals surface area (Å²) in [5.41, 5.74) is 3.87. The van der Waals surface area contributed by atoms with Crippen LogP contribution in [0.5, 0.6) is 0 Å². The van der Waals surface area contributed by atoms with Crippen molar-refractivity contribution in [1.82, 2.24) is 19.7 Å². The lowest BCUT2D eigenvalue weighted by Crippen LogP contribution is -2.19. The Kier molecular flexibility index (Phi) is 4.97. The summed E-state index contributed by atoms with van der Waals surface area (Å²) < 4.78 is 1.61. The number of hydrogen-bond donors (Lipinski definition) is 2. The Morgan fingerprint density at radius 1 is 1.07 bits per heavy atom. The number of carbonyl (C=O) groups excluding carboxylic acids is 1. The number of anilines is 2. The highest BCUT2D eigenvalue weighted by Crippen LogP contribution is 2.27. The molecule has 2 N–H and O–H groups in total. The fourth-order valence-corrected chi connectivity index (χ4v) is 3.31. The highest BCUT2D eigenvalue weighted by molar-refractivity contribution is 6.04. The predicted octanol–water partition coefficient (Wildman–Crippen LogP) is 3.48. The van der Waals surface area contributed by atoms with Gasteiger partial charge in [-0.3, -0.25) is 9.59 Å². The van der Waals surface area contributed by atoms with Crippen LogP contribution in [0.2, 0.25) is 0 Å². The predicted molar refractivity (Wildman–Crippen MR) is 121 cm³/mol. The largest absolute Gasteiger partial charge is 0.373 e. The van der Waals surface area contributed by atoms with Gasteiger partial charge in [-0.05, 0) is 42.3 Å². The third kappa shape index (κ3) is 3.50. The molecule has 8 heteroatoms. The minimum absolute atomic E-state index is 0. The molecule has 0 aliphatic carbocycles. The summed E-state index contributed by atoms with van der Waals surface area (Å²) >= 11 is 0. The zero-order valence-corrected chi connectivity index (χ0v) is 16.8. The maximum absolute atomic E-state index is 13.1. The van der Waals surface area contributed by atoms with E-state index >= 15 is 0 Å². The summed E-state index contributed by atoms with van der Waals surface area (Å²) in [5.74, 6) is 0.395. The molecule has 0 atom stereocenters. The van der Waals surface area contributed by atoms with E-state index in [4.69, 9.17) is 0 Å². The van der Waals surface area contributed by atoms with E-state index in [2.05, 4.69) is 25.8 Å². The highest BCUT2D eigenvalue weighted by Gasteiger charge is 2.14. The van der Waals surface area contributed by atoms with Gasteiger partial charge in [-0.15, -0.1) is 0 Å². The minimum Gasteiger partial charge on any atom is -0.373 e. The fourth-order valence-electron chi connectivity index (χ4n) is 3.31. The van der Waals surface area contributed by atoms with Gasteiger partial charge in [-0.2, -0.15) is 10.2 Å². The molecule has 0 bridgehead atoms. The van der Waals surface area contributed by atoms with Crippen LogP contribution in [0.15, 0.2) is 59.8 Å². The maximum Gasteiger partial charge on any atom is 0.258 e. The average molecular weight is 404 g/mol. The molecule has 154 valence electrons. The number of aromatic nitrogens is 4. The molecule has 8 nitrogen and oxygen atoms in total. The van der Waals surface area contributed by atoms with Crippen LogP contribution in [-0.2, 0) is 7.05 Å². The van der Waals surface area contributed by atoms with Crippen molar-refractivity contribution in [2.75, 3.05) is 17.7 Å². The summed E-state index contributed by atoms with van der Waals surface area (Å²) in [5, 5.41) is 14.1. The molecule has 30 heavy (non-hydrogen) atoms. The van der Waals surface area contributed by atoms with Crippen molar-refractivity contribution in [2.24, 2.45) is 7.05 Å². The fraction of sp³-hybridized carbons (Fsp3) is 0.136. The van der Waals surface area contributed by atoms with Crippen molar-refractivity contribution in [1.29, 1.82) is 0 Å². The Hall–Kier alpha value is -4.07. The zero-order valence-electron chi connectivity index (χ0n) is 16.8. The van der Waals surface area contributed by atoms with Crippen molar-refractivity contribution in [3.63, 3.8) is 0 Å². The number of hydrogen-bond acceptors (Lipinski definition) is 6. The first kappa shape index (κ1) is 19.3. The van der Waals surface area contributed by atoms with Gasteiger partial charge >= 0.3 is 0 Å². The molecule has 1 aromatic carbocycles. The first-order valence-electron chi connectivity index (χ1n) is 9.34. The molecular weight excluding hydrogens is 380 g/mol. The third-order valence-corrected chi connectivity index (χ3v) is 5.00. The number of benzene rings is 1. The standard InChI is InChI=1S/C22H20N6O2.2H2/c1-13-4-5-16(27-21(29)14-6-7-25-26-12-14)9-17(13)18-8-15-11-24-20(23-2)10-19(15)28(3)22(18)30;;/h4-12H,1-3H3,(H,23,24)(H,27,29);2*1H. The molecule has 0 saturated carbocycles. The van der Waals surface area contributed by atoms with Crippen molar-refractivity contribution in [3.05, 3.63) is 76.5 Å². The molecule has 3 heterocycles. The molecule has 0 saturated heterocycles. The van der Waals surface area contributed by atoms with Gasteiger partial charge in [0.15, 0.2) is 0 Å². The number of pyridine rings is 2. The van der Waals surface area contributed by atoms with E-state index in [-0.39, 0.29) is 14.3 Å². The number of nitrogens with one attached hydrogen (secondary N) is 2. The Morgan fingerprint density at radius 2 is 1.90 bits per heavy atom. The second-order valence-corrected chi connectivity index (χ2v) is 6.92. The maximum atomic E-state index is 13.1. The summed E-state index contributed by atoms with van der Waals surface area (Å²) in [7, 11) is 3.52.